The summed E-state index contributed by atoms with van der Waals surface area (Å²) in [7, 11) is -3.67. The number of hydrogen-bond donors (Lipinski definition) is 1. The van der Waals surface area contributed by atoms with Crippen molar-refractivity contribution in [3.8, 4) is 0 Å². The number of nitrogens with two attached hydrogens (primary N) is 1. The fourth-order valence-electron chi connectivity index (χ4n) is 1.86. The predicted octanol–water partition coefficient (Wildman–Crippen LogP) is 2.40. The summed E-state index contributed by atoms with van der Waals surface area (Å²) in [5.41, 5.74) is 6.39. The van der Waals surface area contributed by atoms with E-state index in [1.165, 1.54) is 24.3 Å². The minimum absolute atomic E-state index is 0.00821. The highest BCUT2D eigenvalue weighted by Gasteiger charge is 2.17. The van der Waals surface area contributed by atoms with Crippen LogP contribution in [0.3, 0.4) is 0 Å². The van der Waals surface area contributed by atoms with Gasteiger partial charge in [-0.3, -0.25) is 0 Å². The molecule has 0 spiro atoms. The van der Waals surface area contributed by atoms with Gasteiger partial charge in [-0.15, -0.1) is 0 Å². The van der Waals surface area contributed by atoms with Gasteiger partial charge in [-0.25, -0.2) is 17.2 Å². The van der Waals surface area contributed by atoms with Crippen LogP contribution in [-0.2, 0) is 22.1 Å². The van der Waals surface area contributed by atoms with Crippen LogP contribution in [0.25, 0.3) is 0 Å². The quantitative estimate of drug-likeness (QED) is 0.882. The molecule has 0 atom stereocenters. The van der Waals surface area contributed by atoms with Gasteiger partial charge in [-0.05, 0) is 47.5 Å². The van der Waals surface area contributed by atoms with Crippen LogP contribution in [0.2, 0.25) is 0 Å². The minimum Gasteiger partial charge on any atom is -0.326 e. The molecule has 2 aromatic rings. The van der Waals surface area contributed by atoms with Crippen LogP contribution >= 0.6 is 0 Å². The molecule has 0 fully saturated rings. The Kier molecular flexibility index (Phi) is 4.15. The van der Waals surface area contributed by atoms with Crippen molar-refractivity contribution in [3.05, 3.63) is 65.2 Å². The lowest BCUT2D eigenvalue weighted by atomic mass is 10.1. The molecule has 0 saturated heterocycles. The number of benzene rings is 2. The third-order valence-electron chi connectivity index (χ3n) is 2.91. The van der Waals surface area contributed by atoms with Gasteiger partial charge in [0, 0.05) is 6.54 Å². The summed E-state index contributed by atoms with van der Waals surface area (Å²) in [4.78, 5) is -0.00821. The first-order valence-corrected chi connectivity index (χ1v) is 7.53. The van der Waals surface area contributed by atoms with Gasteiger partial charge >= 0.3 is 0 Å². The van der Waals surface area contributed by atoms with E-state index < -0.39 is 21.5 Å². The first kappa shape index (κ1) is 14.6. The van der Waals surface area contributed by atoms with Crippen molar-refractivity contribution in [2.45, 2.75) is 17.2 Å². The summed E-state index contributed by atoms with van der Waals surface area (Å²) >= 11 is 0. The van der Waals surface area contributed by atoms with Crippen molar-refractivity contribution in [1.82, 2.24) is 0 Å². The highest BCUT2D eigenvalue weighted by molar-refractivity contribution is 7.90. The van der Waals surface area contributed by atoms with E-state index in [9.17, 15) is 17.2 Å². The van der Waals surface area contributed by atoms with Crippen LogP contribution in [-0.4, -0.2) is 8.42 Å². The van der Waals surface area contributed by atoms with E-state index in [1.807, 2.05) is 0 Å². The summed E-state index contributed by atoms with van der Waals surface area (Å²) in [6.07, 6.45) is 0. The van der Waals surface area contributed by atoms with Crippen molar-refractivity contribution in [2.75, 3.05) is 0 Å². The second kappa shape index (κ2) is 5.68. The van der Waals surface area contributed by atoms with E-state index in [0.29, 0.717) is 11.1 Å². The third kappa shape index (κ3) is 3.20. The molecule has 0 radical (unpaired) electrons. The van der Waals surface area contributed by atoms with Crippen LogP contribution in [0.1, 0.15) is 11.1 Å². The second-order valence-electron chi connectivity index (χ2n) is 4.33. The molecular formula is C14H13F2NO2S. The average Bonchev–Trinajstić information content (AvgIpc) is 2.39. The van der Waals surface area contributed by atoms with Gasteiger partial charge in [-0.1, -0.05) is 6.07 Å². The molecule has 6 heteroatoms. The minimum atomic E-state index is -3.67. The van der Waals surface area contributed by atoms with E-state index in [1.54, 1.807) is 0 Å². The molecule has 2 rings (SSSR count). The lowest BCUT2D eigenvalue weighted by Crippen LogP contribution is -2.09. The van der Waals surface area contributed by atoms with E-state index in [4.69, 9.17) is 5.73 Å². The standard InChI is InChI=1S/C14H13F2NO2S/c15-12-3-5-14(6-4-12)20(18,19)9-11-7-13(16)2-1-10(11)8-17/h1-7H,8-9,17H2. The van der Waals surface area contributed by atoms with Crippen molar-refractivity contribution in [2.24, 2.45) is 5.73 Å². The normalized spacial score (nSPS) is 11.6. The molecule has 0 aromatic heterocycles. The Morgan fingerprint density at radius 2 is 1.50 bits per heavy atom. The van der Waals surface area contributed by atoms with Crippen molar-refractivity contribution in [3.63, 3.8) is 0 Å². The Hall–Kier alpha value is -1.79. The third-order valence-corrected chi connectivity index (χ3v) is 4.59. The number of rotatable bonds is 4. The van der Waals surface area contributed by atoms with Gasteiger partial charge < -0.3 is 5.73 Å². The fourth-order valence-corrected chi connectivity index (χ4v) is 3.25. The molecule has 0 aliphatic carbocycles. The molecule has 106 valence electrons. The SMILES string of the molecule is NCc1ccc(F)cc1CS(=O)(=O)c1ccc(F)cc1. The number of halogens is 2. The highest BCUT2D eigenvalue weighted by atomic mass is 32.2. The zero-order chi connectivity index (χ0) is 14.8. The topological polar surface area (TPSA) is 60.2 Å². The van der Waals surface area contributed by atoms with E-state index in [2.05, 4.69) is 0 Å². The summed E-state index contributed by atoms with van der Waals surface area (Å²) in [5.74, 6) is -1.41. The Labute approximate surface area is 116 Å². The Morgan fingerprint density at radius 1 is 0.900 bits per heavy atom. The Morgan fingerprint density at radius 3 is 2.10 bits per heavy atom. The second-order valence-corrected chi connectivity index (χ2v) is 6.32. The lowest BCUT2D eigenvalue weighted by Gasteiger charge is -2.09. The lowest BCUT2D eigenvalue weighted by molar-refractivity contribution is 0.593. The van der Waals surface area contributed by atoms with Crippen LogP contribution in [0, 0.1) is 11.6 Å². The summed E-state index contributed by atoms with van der Waals surface area (Å²) in [6, 6.07) is 8.37. The Balaban J connectivity index is 2.37. The molecule has 0 unspecified atom stereocenters. The molecule has 2 N–H and O–H groups in total. The summed E-state index contributed by atoms with van der Waals surface area (Å²) < 4.78 is 50.5. The molecule has 0 heterocycles. The van der Waals surface area contributed by atoms with Crippen molar-refractivity contribution >= 4 is 9.84 Å². The molecule has 3 nitrogen and oxygen atoms in total. The van der Waals surface area contributed by atoms with Crippen LogP contribution < -0.4 is 5.73 Å². The van der Waals surface area contributed by atoms with Crippen LogP contribution in [0.4, 0.5) is 8.78 Å². The maximum Gasteiger partial charge on any atom is 0.182 e. The van der Waals surface area contributed by atoms with Crippen molar-refractivity contribution in [1.29, 1.82) is 0 Å². The summed E-state index contributed by atoms with van der Waals surface area (Å²) in [6.45, 7) is 0.120. The van der Waals surface area contributed by atoms with Gasteiger partial charge in [0.05, 0.1) is 10.6 Å². The van der Waals surface area contributed by atoms with Gasteiger partial charge in [-0.2, -0.15) is 0 Å². The molecule has 0 saturated carbocycles. The van der Waals surface area contributed by atoms with Gasteiger partial charge in [0.15, 0.2) is 9.84 Å². The predicted molar refractivity (Wildman–Crippen MR) is 71.6 cm³/mol. The van der Waals surface area contributed by atoms with Crippen LogP contribution in [0.5, 0.6) is 0 Å². The smallest absolute Gasteiger partial charge is 0.182 e. The highest BCUT2D eigenvalue weighted by Crippen LogP contribution is 2.20. The average molecular weight is 297 g/mol. The molecule has 0 aliphatic rings. The Bertz CT molecular complexity index is 712. The van der Waals surface area contributed by atoms with Gasteiger partial charge in [0.25, 0.3) is 0 Å². The number of hydrogen-bond acceptors (Lipinski definition) is 3. The largest absolute Gasteiger partial charge is 0.326 e. The maximum absolute atomic E-state index is 13.2. The number of sulfone groups is 1. The van der Waals surface area contributed by atoms with Gasteiger partial charge in [0.2, 0.25) is 0 Å². The van der Waals surface area contributed by atoms with E-state index in [0.717, 1.165) is 18.2 Å². The van der Waals surface area contributed by atoms with Crippen LogP contribution in [0.15, 0.2) is 47.4 Å². The first-order chi connectivity index (χ1) is 9.42. The maximum atomic E-state index is 13.2. The molecular weight excluding hydrogens is 284 g/mol. The zero-order valence-corrected chi connectivity index (χ0v) is 11.3. The molecule has 0 amide bonds. The molecule has 0 bridgehead atoms. The van der Waals surface area contributed by atoms with Gasteiger partial charge in [0.1, 0.15) is 11.6 Å². The fraction of sp³-hybridized carbons (Fsp3) is 0.143. The zero-order valence-electron chi connectivity index (χ0n) is 10.5. The van der Waals surface area contributed by atoms with Crippen molar-refractivity contribution < 1.29 is 17.2 Å². The molecule has 0 aliphatic heterocycles. The monoisotopic (exact) mass is 297 g/mol. The van der Waals surface area contributed by atoms with E-state index >= 15 is 0 Å². The first-order valence-electron chi connectivity index (χ1n) is 5.88. The summed E-state index contributed by atoms with van der Waals surface area (Å²) in [5, 5.41) is 0. The van der Waals surface area contributed by atoms with E-state index in [-0.39, 0.29) is 17.2 Å². The molecule has 20 heavy (non-hydrogen) atoms. The molecule has 2 aromatic carbocycles.